The van der Waals surface area contributed by atoms with Crippen LogP contribution in [0.2, 0.25) is 5.15 Å². The van der Waals surface area contributed by atoms with Crippen molar-refractivity contribution in [3.63, 3.8) is 0 Å². The fourth-order valence-electron chi connectivity index (χ4n) is 1.68. The molecule has 0 aromatic carbocycles. The number of aromatic nitrogens is 1. The Kier molecular flexibility index (Phi) is 3.14. The van der Waals surface area contributed by atoms with Gasteiger partial charge in [0.25, 0.3) is 5.91 Å². The first-order chi connectivity index (χ1) is 8.08. The molecule has 0 saturated carbocycles. The van der Waals surface area contributed by atoms with E-state index in [1.807, 2.05) is 0 Å². The number of carboxylic acid groups (broad SMARTS) is 1. The number of rotatable bonds is 3. The Bertz CT molecular complexity index is 478. The van der Waals surface area contributed by atoms with Crippen LogP contribution in [-0.4, -0.2) is 40.1 Å². The number of hydrogen-bond donors (Lipinski definition) is 2. The van der Waals surface area contributed by atoms with Crippen molar-refractivity contribution in [2.45, 2.75) is 6.54 Å². The lowest BCUT2D eigenvalue weighted by Crippen LogP contribution is -2.34. The molecule has 7 heteroatoms. The second kappa shape index (κ2) is 4.58. The van der Waals surface area contributed by atoms with E-state index in [0.717, 1.165) is 5.56 Å². The molecule has 0 unspecified atom stereocenters. The van der Waals surface area contributed by atoms with Gasteiger partial charge in [-0.2, -0.15) is 0 Å². The quantitative estimate of drug-likeness (QED) is 0.788. The molecule has 0 fully saturated rings. The number of halogens is 1. The van der Waals surface area contributed by atoms with Gasteiger partial charge in [0.2, 0.25) is 0 Å². The van der Waals surface area contributed by atoms with Gasteiger partial charge in [0.15, 0.2) is 0 Å². The first-order valence-electron chi connectivity index (χ1n) is 4.99. The van der Waals surface area contributed by atoms with E-state index in [1.54, 1.807) is 12.1 Å². The zero-order valence-corrected chi connectivity index (χ0v) is 9.57. The van der Waals surface area contributed by atoms with Crippen LogP contribution in [0.1, 0.15) is 16.1 Å². The lowest BCUT2D eigenvalue weighted by Gasteiger charge is -2.14. The molecule has 0 saturated heterocycles. The van der Waals surface area contributed by atoms with Crippen molar-refractivity contribution in [3.8, 4) is 0 Å². The van der Waals surface area contributed by atoms with Gasteiger partial charge >= 0.3 is 6.09 Å². The second-order valence-electron chi connectivity index (χ2n) is 3.60. The number of pyridine rings is 1. The van der Waals surface area contributed by atoms with E-state index in [9.17, 15) is 9.59 Å². The molecule has 0 aliphatic carbocycles. The Balaban J connectivity index is 2.02. The monoisotopic (exact) mass is 255 g/mol. The van der Waals surface area contributed by atoms with Crippen LogP contribution in [0.5, 0.6) is 0 Å². The van der Waals surface area contributed by atoms with Crippen molar-refractivity contribution < 1.29 is 14.7 Å². The highest BCUT2D eigenvalue weighted by atomic mass is 35.5. The number of carbonyl (C=O) groups is 2. The molecule has 1 aromatic heterocycles. The normalized spacial score (nSPS) is 13.7. The van der Waals surface area contributed by atoms with Gasteiger partial charge in [-0.25, -0.2) is 9.78 Å². The van der Waals surface area contributed by atoms with Crippen LogP contribution in [0.3, 0.4) is 0 Å². The number of fused-ring (bicyclic) bond motifs is 1. The van der Waals surface area contributed by atoms with Crippen molar-refractivity contribution in [2.75, 3.05) is 13.1 Å². The van der Waals surface area contributed by atoms with E-state index in [2.05, 4.69) is 10.3 Å². The topological polar surface area (TPSA) is 82.5 Å². The van der Waals surface area contributed by atoms with Crippen LogP contribution >= 0.6 is 11.6 Å². The van der Waals surface area contributed by atoms with E-state index in [4.69, 9.17) is 16.7 Å². The third kappa shape index (κ3) is 2.47. The molecule has 0 spiro atoms. The average Bonchev–Trinajstić information content (AvgIpc) is 2.56. The third-order valence-electron chi connectivity index (χ3n) is 2.45. The fraction of sp³-hybridized carbons (Fsp3) is 0.300. The summed E-state index contributed by atoms with van der Waals surface area (Å²) < 4.78 is 0. The SMILES string of the molecule is O=C(O)NCCN1Cc2ccc(Cl)nc2C1=O. The highest BCUT2D eigenvalue weighted by Gasteiger charge is 2.28. The van der Waals surface area contributed by atoms with Crippen LogP contribution < -0.4 is 5.32 Å². The Morgan fingerprint density at radius 1 is 1.59 bits per heavy atom. The van der Waals surface area contributed by atoms with Crippen molar-refractivity contribution in [2.24, 2.45) is 0 Å². The number of amides is 2. The molecule has 0 radical (unpaired) electrons. The van der Waals surface area contributed by atoms with Gasteiger partial charge in [0.05, 0.1) is 0 Å². The summed E-state index contributed by atoms with van der Waals surface area (Å²) in [6, 6.07) is 3.39. The minimum Gasteiger partial charge on any atom is -0.465 e. The number of carbonyl (C=O) groups excluding carboxylic acids is 1. The van der Waals surface area contributed by atoms with Crippen molar-refractivity contribution >= 4 is 23.6 Å². The van der Waals surface area contributed by atoms with Gasteiger partial charge in [-0.3, -0.25) is 4.79 Å². The van der Waals surface area contributed by atoms with E-state index in [0.29, 0.717) is 18.8 Å². The van der Waals surface area contributed by atoms with E-state index >= 15 is 0 Å². The zero-order valence-electron chi connectivity index (χ0n) is 8.81. The third-order valence-corrected chi connectivity index (χ3v) is 2.66. The predicted molar refractivity (Wildman–Crippen MR) is 60.0 cm³/mol. The molecular formula is C10H10ClN3O3. The molecule has 90 valence electrons. The molecule has 1 aliphatic heterocycles. The molecule has 0 bridgehead atoms. The second-order valence-corrected chi connectivity index (χ2v) is 3.99. The van der Waals surface area contributed by atoms with Gasteiger partial charge in [-0.05, 0) is 6.07 Å². The Labute approximate surface area is 102 Å². The zero-order chi connectivity index (χ0) is 12.4. The molecule has 2 heterocycles. The summed E-state index contributed by atoms with van der Waals surface area (Å²) in [6.45, 7) is 0.960. The summed E-state index contributed by atoms with van der Waals surface area (Å²) in [6.07, 6.45) is -1.10. The lowest BCUT2D eigenvalue weighted by molar-refractivity contribution is 0.0774. The molecule has 6 nitrogen and oxygen atoms in total. The van der Waals surface area contributed by atoms with Crippen LogP contribution in [0, 0.1) is 0 Å². The maximum absolute atomic E-state index is 11.9. The molecule has 1 aromatic rings. The molecule has 2 amide bonds. The predicted octanol–water partition coefficient (Wildman–Crippen LogP) is 0.958. The van der Waals surface area contributed by atoms with Crippen molar-refractivity contribution in [1.29, 1.82) is 0 Å². The average molecular weight is 256 g/mol. The Morgan fingerprint density at radius 2 is 2.35 bits per heavy atom. The molecular weight excluding hydrogens is 246 g/mol. The Hall–Kier alpha value is -1.82. The molecule has 0 atom stereocenters. The molecule has 2 rings (SSSR count). The van der Waals surface area contributed by atoms with Crippen molar-refractivity contribution in [3.05, 3.63) is 28.5 Å². The maximum atomic E-state index is 11.9. The fourth-order valence-corrected chi connectivity index (χ4v) is 1.83. The molecule has 1 aliphatic rings. The molecule has 2 N–H and O–H groups in total. The largest absolute Gasteiger partial charge is 0.465 e. The van der Waals surface area contributed by atoms with E-state index < -0.39 is 6.09 Å². The first-order valence-corrected chi connectivity index (χ1v) is 5.37. The van der Waals surface area contributed by atoms with Crippen LogP contribution in [0.4, 0.5) is 4.79 Å². The number of hydrogen-bond acceptors (Lipinski definition) is 3. The lowest BCUT2D eigenvalue weighted by atomic mass is 10.2. The minimum absolute atomic E-state index is 0.197. The summed E-state index contributed by atoms with van der Waals surface area (Å²) in [5.74, 6) is -0.213. The summed E-state index contributed by atoms with van der Waals surface area (Å²) in [5.41, 5.74) is 1.17. The summed E-state index contributed by atoms with van der Waals surface area (Å²) >= 11 is 5.71. The smallest absolute Gasteiger partial charge is 0.404 e. The standard InChI is InChI=1S/C10H10ClN3O3/c11-7-2-1-6-5-14(4-3-12-10(16)17)9(15)8(6)13-7/h1-2,12H,3-5H2,(H,16,17). The van der Waals surface area contributed by atoms with Crippen LogP contribution in [0.15, 0.2) is 12.1 Å². The van der Waals surface area contributed by atoms with E-state index in [1.165, 1.54) is 4.90 Å². The number of nitrogens with one attached hydrogen (secondary N) is 1. The van der Waals surface area contributed by atoms with Gasteiger partial charge < -0.3 is 15.3 Å². The van der Waals surface area contributed by atoms with Gasteiger partial charge in [0.1, 0.15) is 10.8 Å². The van der Waals surface area contributed by atoms with Gasteiger partial charge in [0, 0.05) is 25.2 Å². The summed E-state index contributed by atoms with van der Waals surface area (Å²) in [5, 5.41) is 10.9. The highest BCUT2D eigenvalue weighted by molar-refractivity contribution is 6.29. The highest BCUT2D eigenvalue weighted by Crippen LogP contribution is 2.22. The minimum atomic E-state index is -1.10. The number of nitrogens with zero attached hydrogens (tertiary/aromatic N) is 2. The van der Waals surface area contributed by atoms with Crippen molar-refractivity contribution in [1.82, 2.24) is 15.2 Å². The van der Waals surface area contributed by atoms with Gasteiger partial charge in [-0.1, -0.05) is 17.7 Å². The first kappa shape index (κ1) is 11.7. The summed E-state index contributed by atoms with van der Waals surface area (Å²) in [4.78, 5) is 27.6. The van der Waals surface area contributed by atoms with E-state index in [-0.39, 0.29) is 17.6 Å². The maximum Gasteiger partial charge on any atom is 0.404 e. The van der Waals surface area contributed by atoms with Gasteiger partial charge in [-0.15, -0.1) is 0 Å². The summed E-state index contributed by atoms with van der Waals surface area (Å²) in [7, 11) is 0. The van der Waals surface area contributed by atoms with Crippen LogP contribution in [-0.2, 0) is 6.54 Å². The molecule has 17 heavy (non-hydrogen) atoms. The Morgan fingerprint density at radius 3 is 3.06 bits per heavy atom. The van der Waals surface area contributed by atoms with Crippen LogP contribution in [0.25, 0.3) is 0 Å².